The Morgan fingerprint density at radius 1 is 1.04 bits per heavy atom. The van der Waals surface area contributed by atoms with E-state index in [1.165, 1.54) is 32.6 Å². The van der Waals surface area contributed by atoms with Crippen molar-refractivity contribution in [1.29, 1.82) is 0 Å². The van der Waals surface area contributed by atoms with Crippen LogP contribution in [0.25, 0.3) is 0 Å². The zero-order valence-corrected chi connectivity index (χ0v) is 28.1. The largest absolute Gasteiger partial charge is 0.493 e. The summed E-state index contributed by atoms with van der Waals surface area (Å²) in [5.74, 6) is -0.0433. The molecule has 4 rings (SSSR count). The Labute approximate surface area is 284 Å². The lowest BCUT2D eigenvalue weighted by molar-refractivity contribution is -0.136. The van der Waals surface area contributed by atoms with Crippen LogP contribution in [0, 0.1) is 0 Å². The molecule has 1 heterocycles. The molecule has 0 aromatic heterocycles. The highest BCUT2D eigenvalue weighted by Gasteiger charge is 2.32. The number of carboxylic acid groups (broad SMARTS) is 1. The number of nitrogens with zero attached hydrogens (tertiary/aromatic N) is 1. The average Bonchev–Trinajstić information content (AvgIpc) is 3.06. The van der Waals surface area contributed by atoms with Crippen molar-refractivity contribution >= 4 is 40.1 Å². The minimum Gasteiger partial charge on any atom is -0.493 e. The molecule has 1 aliphatic heterocycles. The number of amides is 2. The number of hydrogen-bond donors (Lipinski definition) is 5. The van der Waals surface area contributed by atoms with Crippen LogP contribution in [-0.2, 0) is 16.1 Å². The molecule has 14 nitrogen and oxygen atoms in total. The summed E-state index contributed by atoms with van der Waals surface area (Å²) in [6, 6.07) is 13.5. The van der Waals surface area contributed by atoms with E-state index < -0.39 is 30.2 Å². The van der Waals surface area contributed by atoms with Crippen molar-refractivity contribution < 1.29 is 48.3 Å². The summed E-state index contributed by atoms with van der Waals surface area (Å²) in [5.41, 5.74) is 5.39. The van der Waals surface area contributed by atoms with E-state index in [0.717, 1.165) is 5.56 Å². The molecule has 2 atom stereocenters. The topological polar surface area (TPSA) is 186 Å². The van der Waals surface area contributed by atoms with E-state index in [-0.39, 0.29) is 24.4 Å². The summed E-state index contributed by atoms with van der Waals surface area (Å²) in [6.07, 6.45) is 0.281. The van der Waals surface area contributed by atoms with Gasteiger partial charge in [-0.2, -0.15) is 5.10 Å². The molecule has 5 N–H and O–H groups in total. The number of ether oxygens (including phenoxy) is 5. The lowest BCUT2D eigenvalue weighted by Gasteiger charge is -2.28. The summed E-state index contributed by atoms with van der Waals surface area (Å²) < 4.78 is 28.5. The third-order valence-corrected chi connectivity index (χ3v) is 7.53. The molecule has 15 heteroatoms. The molecule has 0 fully saturated rings. The number of methoxy groups -OCH3 is 2. The van der Waals surface area contributed by atoms with Gasteiger partial charge in [-0.25, -0.2) is 14.4 Å². The van der Waals surface area contributed by atoms with Crippen LogP contribution in [0.5, 0.6) is 23.0 Å². The fourth-order valence-electron chi connectivity index (χ4n) is 4.67. The first-order valence-corrected chi connectivity index (χ1v) is 15.4. The Morgan fingerprint density at radius 3 is 2.46 bits per heavy atom. The molecular weight excluding hydrogens is 692 g/mol. The zero-order chi connectivity index (χ0) is 34.8. The molecule has 0 aliphatic carbocycles. The number of carbonyl (C=O) groups excluding carboxylic acids is 2. The van der Waals surface area contributed by atoms with Crippen molar-refractivity contribution in [2.45, 2.75) is 32.7 Å². The van der Waals surface area contributed by atoms with Crippen LogP contribution in [-0.4, -0.2) is 68.1 Å². The van der Waals surface area contributed by atoms with Gasteiger partial charge in [0.1, 0.15) is 13.2 Å². The van der Waals surface area contributed by atoms with Gasteiger partial charge in [-0.15, -0.1) is 0 Å². The summed E-state index contributed by atoms with van der Waals surface area (Å²) >= 11 is 3.49. The van der Waals surface area contributed by atoms with Crippen LogP contribution >= 0.6 is 15.9 Å². The van der Waals surface area contributed by atoms with Crippen molar-refractivity contribution in [2.75, 3.05) is 27.4 Å². The number of aliphatic hydroxyl groups is 1. The smallest absolute Gasteiger partial charge is 0.337 e. The van der Waals surface area contributed by atoms with Crippen molar-refractivity contribution in [3.63, 3.8) is 0 Å². The van der Waals surface area contributed by atoms with Gasteiger partial charge >= 0.3 is 18.0 Å². The van der Waals surface area contributed by atoms with Gasteiger partial charge < -0.3 is 44.5 Å². The van der Waals surface area contributed by atoms with E-state index in [2.05, 4.69) is 37.1 Å². The van der Waals surface area contributed by atoms with Gasteiger partial charge in [-0.3, -0.25) is 5.43 Å². The van der Waals surface area contributed by atoms with Crippen LogP contribution in [0.4, 0.5) is 4.79 Å². The molecule has 2 amide bonds. The number of aromatic carboxylic acids is 1. The first-order valence-electron chi connectivity index (χ1n) is 14.6. The molecule has 0 unspecified atom stereocenters. The molecule has 254 valence electrons. The number of aliphatic hydroxyl groups excluding tert-OH is 1. The molecule has 48 heavy (non-hydrogen) atoms. The number of carboxylic acids is 1. The maximum absolute atomic E-state index is 12.5. The standard InChI is InChI=1S/C33H35BrN4O10/c1-5-46-25-14-22(29-28(32(42)45-4)18(2)36-33(43)37-29)10-11-24(25)47-17-27(39)38-35-15-20-12-23(34)30(26(13-20)44-3)48-16-19-6-8-21(9-7-19)31(40)41/h6-15,27,29,38-39H,5,16-17H2,1-4H3,(H,40,41)(H2,36,37,43)/b35-15-/t27-,29-/m1/s1. The maximum atomic E-state index is 12.5. The summed E-state index contributed by atoms with van der Waals surface area (Å²) in [7, 11) is 2.76. The van der Waals surface area contributed by atoms with E-state index in [9.17, 15) is 19.5 Å². The van der Waals surface area contributed by atoms with Crippen LogP contribution < -0.4 is 35.0 Å². The number of urea groups is 1. The van der Waals surface area contributed by atoms with Crippen LogP contribution in [0.1, 0.15) is 46.9 Å². The predicted octanol–water partition coefficient (Wildman–Crippen LogP) is 4.26. The Hall–Kier alpha value is -5.28. The van der Waals surface area contributed by atoms with E-state index in [4.69, 9.17) is 28.8 Å². The number of benzene rings is 3. The SMILES string of the molecule is CCOc1cc([C@H]2NC(=O)NC(C)=C2C(=O)OC)ccc1OC[C@@H](O)N/N=C\c1cc(Br)c(OCc2ccc(C(=O)O)cc2)c(OC)c1. The second-order valence-corrected chi connectivity index (χ2v) is 11.1. The number of rotatable bonds is 15. The van der Waals surface area contributed by atoms with Crippen LogP contribution in [0.2, 0.25) is 0 Å². The van der Waals surface area contributed by atoms with Gasteiger partial charge in [-0.05, 0) is 82.9 Å². The summed E-state index contributed by atoms with van der Waals surface area (Å²) in [6.45, 7) is 3.71. The third kappa shape index (κ3) is 8.95. The van der Waals surface area contributed by atoms with Gasteiger partial charge in [0.15, 0.2) is 29.2 Å². The molecule has 0 spiro atoms. The fraction of sp³-hybridized carbons (Fsp3) is 0.273. The molecule has 3 aromatic carbocycles. The Morgan fingerprint density at radius 2 is 1.79 bits per heavy atom. The van der Waals surface area contributed by atoms with Gasteiger partial charge in [0.2, 0.25) is 0 Å². The maximum Gasteiger partial charge on any atom is 0.337 e. The number of hydrogen-bond acceptors (Lipinski definition) is 11. The molecule has 1 aliphatic rings. The first-order chi connectivity index (χ1) is 23.0. The molecule has 3 aromatic rings. The second-order valence-electron chi connectivity index (χ2n) is 10.2. The Balaban J connectivity index is 1.38. The van der Waals surface area contributed by atoms with Gasteiger partial charge in [0, 0.05) is 5.70 Å². The van der Waals surface area contributed by atoms with Gasteiger partial charge in [-0.1, -0.05) is 18.2 Å². The lowest BCUT2D eigenvalue weighted by Crippen LogP contribution is -2.45. The second kappa shape index (κ2) is 16.5. The Kier molecular flexibility index (Phi) is 12.2. The van der Waals surface area contributed by atoms with E-state index >= 15 is 0 Å². The minimum atomic E-state index is -1.20. The number of allylic oxidation sites excluding steroid dienone is 1. The molecule has 0 saturated heterocycles. The molecular formula is C33H35BrN4O10. The van der Waals surface area contributed by atoms with Gasteiger partial charge in [0.25, 0.3) is 0 Å². The van der Waals surface area contributed by atoms with E-state index in [1.54, 1.807) is 56.3 Å². The number of halogens is 1. The van der Waals surface area contributed by atoms with Crippen molar-refractivity contribution in [1.82, 2.24) is 16.1 Å². The molecule has 0 bridgehead atoms. The third-order valence-electron chi connectivity index (χ3n) is 6.95. The van der Waals surface area contributed by atoms with E-state index in [0.29, 0.717) is 50.9 Å². The predicted molar refractivity (Wildman–Crippen MR) is 177 cm³/mol. The zero-order valence-electron chi connectivity index (χ0n) is 26.5. The summed E-state index contributed by atoms with van der Waals surface area (Å²) in [5, 5.41) is 29.0. The Bertz CT molecular complexity index is 1710. The average molecular weight is 728 g/mol. The highest BCUT2D eigenvalue weighted by molar-refractivity contribution is 9.10. The van der Waals surface area contributed by atoms with Crippen LogP contribution in [0.15, 0.2) is 75.4 Å². The fourth-order valence-corrected chi connectivity index (χ4v) is 5.25. The van der Waals surface area contributed by atoms with Gasteiger partial charge in [0.05, 0.1) is 48.7 Å². The quantitative estimate of drug-likeness (QED) is 0.0652. The first kappa shape index (κ1) is 35.6. The monoisotopic (exact) mass is 726 g/mol. The van der Waals surface area contributed by atoms with Crippen molar-refractivity contribution in [3.8, 4) is 23.0 Å². The highest BCUT2D eigenvalue weighted by atomic mass is 79.9. The number of nitrogens with one attached hydrogen (secondary N) is 3. The van der Waals surface area contributed by atoms with Crippen LogP contribution in [0.3, 0.4) is 0 Å². The molecule has 0 saturated carbocycles. The summed E-state index contributed by atoms with van der Waals surface area (Å²) in [4.78, 5) is 35.7. The lowest BCUT2D eigenvalue weighted by atomic mass is 9.95. The number of carbonyl (C=O) groups is 3. The molecule has 0 radical (unpaired) electrons. The number of hydrazone groups is 1. The number of esters is 1. The normalized spacial score (nSPS) is 14.9. The minimum absolute atomic E-state index is 0.184. The highest BCUT2D eigenvalue weighted by Crippen LogP contribution is 2.37. The van der Waals surface area contributed by atoms with Crippen molar-refractivity contribution in [3.05, 3.63) is 92.6 Å². The van der Waals surface area contributed by atoms with Crippen molar-refractivity contribution in [2.24, 2.45) is 5.10 Å². The van der Waals surface area contributed by atoms with E-state index in [1.807, 2.05) is 0 Å².